The highest BCUT2D eigenvalue weighted by Gasteiger charge is 2.22. The fourth-order valence-corrected chi connectivity index (χ4v) is 4.60. The second-order valence-corrected chi connectivity index (χ2v) is 10.4. The summed E-state index contributed by atoms with van der Waals surface area (Å²) >= 11 is 6.40. The van der Waals surface area contributed by atoms with Crippen LogP contribution in [0, 0.1) is 5.92 Å². The van der Waals surface area contributed by atoms with Gasteiger partial charge in [0.05, 0.1) is 13.1 Å². The van der Waals surface area contributed by atoms with Gasteiger partial charge in [0.25, 0.3) is 0 Å². The van der Waals surface area contributed by atoms with Crippen LogP contribution in [0.15, 0.2) is 72.9 Å². The SMILES string of the molecule is CCCCN(CC(=O)N(Cc1cccn1Cc1ccccc1Cl)CC(C)C)C(=O)CCc1ccccc1. The van der Waals surface area contributed by atoms with E-state index in [4.69, 9.17) is 11.6 Å². The molecule has 198 valence electrons. The first-order valence-corrected chi connectivity index (χ1v) is 13.7. The van der Waals surface area contributed by atoms with Crippen molar-refractivity contribution in [2.24, 2.45) is 5.92 Å². The van der Waals surface area contributed by atoms with E-state index >= 15 is 0 Å². The van der Waals surface area contributed by atoms with Crippen molar-refractivity contribution in [3.8, 4) is 0 Å². The molecule has 6 heteroatoms. The molecule has 0 aliphatic carbocycles. The summed E-state index contributed by atoms with van der Waals surface area (Å²) in [6.45, 7) is 8.83. The number of halogens is 1. The predicted molar refractivity (Wildman–Crippen MR) is 151 cm³/mol. The van der Waals surface area contributed by atoms with Crippen molar-refractivity contribution >= 4 is 23.4 Å². The first kappa shape index (κ1) is 28.5. The number of unbranched alkanes of at least 4 members (excludes halogenated alkanes) is 1. The number of nitrogens with zero attached hydrogens (tertiary/aromatic N) is 3. The molecule has 0 bridgehead atoms. The Morgan fingerprint density at radius 1 is 0.919 bits per heavy atom. The molecule has 0 aliphatic rings. The highest BCUT2D eigenvalue weighted by Crippen LogP contribution is 2.19. The average Bonchev–Trinajstić information content (AvgIpc) is 3.32. The summed E-state index contributed by atoms with van der Waals surface area (Å²) in [5.74, 6) is 0.342. The monoisotopic (exact) mass is 521 g/mol. The predicted octanol–water partition coefficient (Wildman–Crippen LogP) is 6.44. The molecular weight excluding hydrogens is 482 g/mol. The van der Waals surface area contributed by atoms with Crippen LogP contribution in [0.4, 0.5) is 0 Å². The van der Waals surface area contributed by atoms with E-state index in [1.165, 1.54) is 0 Å². The van der Waals surface area contributed by atoms with Gasteiger partial charge in [0.15, 0.2) is 0 Å². The molecule has 3 aromatic rings. The Kier molecular flexibility index (Phi) is 11.3. The van der Waals surface area contributed by atoms with Gasteiger partial charge in [-0.3, -0.25) is 9.59 Å². The number of carbonyl (C=O) groups excluding carboxylic acids is 2. The Bertz CT molecular complexity index is 1130. The largest absolute Gasteiger partial charge is 0.345 e. The molecule has 2 aromatic carbocycles. The molecular formula is C31H40ClN3O2. The van der Waals surface area contributed by atoms with Crippen LogP contribution in [0.3, 0.4) is 0 Å². The minimum atomic E-state index is -0.0108. The molecule has 0 fully saturated rings. The quantitative estimate of drug-likeness (QED) is 0.245. The zero-order chi connectivity index (χ0) is 26.6. The van der Waals surface area contributed by atoms with Gasteiger partial charge < -0.3 is 14.4 Å². The fourth-order valence-electron chi connectivity index (χ4n) is 4.41. The molecule has 0 atom stereocenters. The third-order valence-corrected chi connectivity index (χ3v) is 6.81. The van der Waals surface area contributed by atoms with Gasteiger partial charge in [-0.05, 0) is 48.1 Å². The zero-order valence-corrected chi connectivity index (χ0v) is 23.2. The first-order valence-electron chi connectivity index (χ1n) is 13.3. The molecule has 0 radical (unpaired) electrons. The summed E-state index contributed by atoms with van der Waals surface area (Å²) in [6, 6.07) is 21.9. The van der Waals surface area contributed by atoms with Gasteiger partial charge >= 0.3 is 0 Å². The van der Waals surface area contributed by atoms with Gasteiger partial charge in [0, 0.05) is 43.0 Å². The van der Waals surface area contributed by atoms with Gasteiger partial charge in [0.1, 0.15) is 0 Å². The van der Waals surface area contributed by atoms with E-state index in [1.54, 1.807) is 4.90 Å². The summed E-state index contributed by atoms with van der Waals surface area (Å²) in [6.07, 6.45) is 4.97. The smallest absolute Gasteiger partial charge is 0.242 e. The molecule has 0 aliphatic heterocycles. The number of hydrogen-bond acceptors (Lipinski definition) is 2. The molecule has 3 rings (SSSR count). The normalized spacial score (nSPS) is 11.1. The van der Waals surface area contributed by atoms with Crippen molar-refractivity contribution in [2.75, 3.05) is 19.6 Å². The summed E-state index contributed by atoms with van der Waals surface area (Å²) in [7, 11) is 0. The topological polar surface area (TPSA) is 45.6 Å². The van der Waals surface area contributed by atoms with E-state index in [9.17, 15) is 9.59 Å². The summed E-state index contributed by atoms with van der Waals surface area (Å²) in [4.78, 5) is 30.4. The van der Waals surface area contributed by atoms with Crippen molar-refractivity contribution in [1.82, 2.24) is 14.4 Å². The maximum Gasteiger partial charge on any atom is 0.242 e. The van der Waals surface area contributed by atoms with Crippen LogP contribution >= 0.6 is 11.6 Å². The molecule has 0 saturated carbocycles. The molecule has 0 unspecified atom stereocenters. The fraction of sp³-hybridized carbons (Fsp3) is 0.419. The Morgan fingerprint density at radius 2 is 1.65 bits per heavy atom. The maximum atomic E-state index is 13.6. The number of amides is 2. The van der Waals surface area contributed by atoms with Gasteiger partial charge in [0.2, 0.25) is 11.8 Å². The van der Waals surface area contributed by atoms with Crippen LogP contribution in [0.2, 0.25) is 5.02 Å². The number of aryl methyl sites for hydroxylation is 1. The van der Waals surface area contributed by atoms with E-state index in [2.05, 4.69) is 31.4 Å². The van der Waals surface area contributed by atoms with Crippen molar-refractivity contribution in [3.05, 3.63) is 94.8 Å². The van der Waals surface area contributed by atoms with Crippen LogP contribution in [0.25, 0.3) is 0 Å². The number of carbonyl (C=O) groups is 2. The molecule has 1 heterocycles. The number of benzene rings is 2. The zero-order valence-electron chi connectivity index (χ0n) is 22.4. The molecule has 0 saturated heterocycles. The number of rotatable bonds is 14. The second-order valence-electron chi connectivity index (χ2n) is 10.0. The van der Waals surface area contributed by atoms with E-state index in [-0.39, 0.29) is 18.4 Å². The standard InChI is InChI=1S/C31H40ClN3O2/c1-4-5-19-34(30(36)18-17-26-12-7-6-8-13-26)24-31(37)35(21-25(2)3)23-28-15-11-20-33(28)22-27-14-9-10-16-29(27)32/h6-16,20,25H,4-5,17-19,21-24H2,1-3H3. The lowest BCUT2D eigenvalue weighted by Gasteiger charge is -2.29. The first-order chi connectivity index (χ1) is 17.9. The van der Waals surface area contributed by atoms with Crippen LogP contribution in [0.5, 0.6) is 0 Å². The summed E-state index contributed by atoms with van der Waals surface area (Å²) in [5.41, 5.74) is 3.22. The average molecular weight is 522 g/mol. The van der Waals surface area contributed by atoms with E-state index < -0.39 is 0 Å². The number of hydrogen-bond donors (Lipinski definition) is 0. The molecule has 37 heavy (non-hydrogen) atoms. The minimum Gasteiger partial charge on any atom is -0.345 e. The molecule has 1 aromatic heterocycles. The Morgan fingerprint density at radius 3 is 2.35 bits per heavy atom. The van der Waals surface area contributed by atoms with Gasteiger partial charge in [-0.15, -0.1) is 0 Å². The Balaban J connectivity index is 1.70. The lowest BCUT2D eigenvalue weighted by atomic mass is 10.1. The van der Waals surface area contributed by atoms with Crippen molar-refractivity contribution < 1.29 is 9.59 Å². The van der Waals surface area contributed by atoms with Crippen LogP contribution in [0.1, 0.15) is 56.9 Å². The molecule has 0 N–H and O–H groups in total. The van der Waals surface area contributed by atoms with Crippen LogP contribution < -0.4 is 0 Å². The third kappa shape index (κ3) is 9.08. The molecule has 0 spiro atoms. The second kappa shape index (κ2) is 14.6. The lowest BCUT2D eigenvalue weighted by Crippen LogP contribution is -2.44. The van der Waals surface area contributed by atoms with Crippen molar-refractivity contribution in [1.29, 1.82) is 0 Å². The van der Waals surface area contributed by atoms with Crippen LogP contribution in [-0.2, 0) is 29.1 Å². The van der Waals surface area contributed by atoms with Gasteiger partial charge in [-0.2, -0.15) is 0 Å². The van der Waals surface area contributed by atoms with E-state index in [1.807, 2.05) is 71.8 Å². The Hall–Kier alpha value is -3.05. The third-order valence-electron chi connectivity index (χ3n) is 6.44. The lowest BCUT2D eigenvalue weighted by molar-refractivity contribution is -0.141. The highest BCUT2D eigenvalue weighted by molar-refractivity contribution is 6.31. The van der Waals surface area contributed by atoms with Crippen molar-refractivity contribution in [3.63, 3.8) is 0 Å². The summed E-state index contributed by atoms with van der Waals surface area (Å²) < 4.78 is 2.14. The van der Waals surface area contributed by atoms with E-state index in [0.717, 1.165) is 34.7 Å². The maximum absolute atomic E-state index is 13.6. The van der Waals surface area contributed by atoms with Gasteiger partial charge in [-0.1, -0.05) is 87.3 Å². The van der Waals surface area contributed by atoms with E-state index in [0.29, 0.717) is 44.9 Å². The Labute approximate surface area is 227 Å². The number of aromatic nitrogens is 1. The van der Waals surface area contributed by atoms with Gasteiger partial charge in [-0.25, -0.2) is 0 Å². The molecule has 2 amide bonds. The minimum absolute atomic E-state index is 0.0108. The van der Waals surface area contributed by atoms with Crippen LogP contribution in [-0.4, -0.2) is 45.8 Å². The summed E-state index contributed by atoms with van der Waals surface area (Å²) in [5, 5.41) is 0.734. The highest BCUT2D eigenvalue weighted by atomic mass is 35.5. The van der Waals surface area contributed by atoms with Crippen molar-refractivity contribution in [2.45, 2.75) is 59.5 Å². The molecule has 5 nitrogen and oxygen atoms in total.